The normalized spacial score (nSPS) is 12.5. The minimum atomic E-state index is 0.446. The number of nitrogens with zero attached hydrogens (tertiary/aromatic N) is 1. The topological polar surface area (TPSA) is 3.24 Å². The molecule has 0 aliphatic rings. The number of hydrogen-bond donors (Lipinski definition) is 0. The number of rotatable bonds is 9. The van der Waals surface area contributed by atoms with Crippen LogP contribution in [-0.2, 0) is 0 Å². The van der Waals surface area contributed by atoms with E-state index in [1.54, 1.807) is 0 Å². The highest BCUT2D eigenvalue weighted by Crippen LogP contribution is 2.33. The van der Waals surface area contributed by atoms with Gasteiger partial charge in [0.15, 0.2) is 0 Å². The molecule has 0 aromatic carbocycles. The molecule has 0 rings (SSSR count). The summed E-state index contributed by atoms with van der Waals surface area (Å²) in [6.45, 7) is 16.6. The molecule has 1 nitrogen and oxygen atoms in total. The molecule has 0 unspecified atom stereocenters. The summed E-state index contributed by atoms with van der Waals surface area (Å²) in [6, 6.07) is 0. The summed E-state index contributed by atoms with van der Waals surface area (Å²) in [4.78, 5) is 2.67. The molecule has 2 heteroatoms. The van der Waals surface area contributed by atoms with Crippen molar-refractivity contribution in [1.29, 1.82) is 0 Å². The zero-order valence-electron chi connectivity index (χ0n) is 12.5. The zero-order chi connectivity index (χ0) is 12.6. The molecule has 0 saturated heterocycles. The monoisotopic (exact) mass is 225 g/mol. The second-order valence-electron chi connectivity index (χ2n) is 6.13. The van der Waals surface area contributed by atoms with Gasteiger partial charge < -0.3 is 4.81 Å². The summed E-state index contributed by atoms with van der Waals surface area (Å²) < 4.78 is 0. The maximum absolute atomic E-state index is 2.67. The van der Waals surface area contributed by atoms with Crippen LogP contribution < -0.4 is 0 Å². The Morgan fingerprint density at radius 2 is 1.44 bits per heavy atom. The van der Waals surface area contributed by atoms with Crippen LogP contribution in [-0.4, -0.2) is 25.3 Å². The lowest BCUT2D eigenvalue weighted by atomic mass is 9.56. The molecule has 0 bridgehead atoms. The van der Waals surface area contributed by atoms with Gasteiger partial charge in [0.25, 0.3) is 0 Å². The van der Waals surface area contributed by atoms with Crippen molar-refractivity contribution in [2.45, 2.75) is 72.5 Å². The minimum Gasteiger partial charge on any atom is -0.345 e. The van der Waals surface area contributed by atoms with Crippen LogP contribution in [0, 0.1) is 5.92 Å². The van der Waals surface area contributed by atoms with E-state index in [-0.39, 0.29) is 0 Å². The molecule has 0 fully saturated rings. The second kappa shape index (κ2) is 8.17. The van der Waals surface area contributed by atoms with Crippen molar-refractivity contribution >= 4 is 7.41 Å². The molecule has 0 aromatic rings. The van der Waals surface area contributed by atoms with E-state index in [4.69, 9.17) is 0 Å². The Kier molecular flexibility index (Phi) is 8.18. The molecule has 0 atom stereocenters. The summed E-state index contributed by atoms with van der Waals surface area (Å²) in [5.74, 6) is 0.762. The van der Waals surface area contributed by atoms with Crippen LogP contribution in [0.15, 0.2) is 0 Å². The van der Waals surface area contributed by atoms with Gasteiger partial charge in [-0.05, 0) is 37.2 Å². The quantitative estimate of drug-likeness (QED) is 0.534. The van der Waals surface area contributed by atoms with Crippen molar-refractivity contribution in [1.82, 2.24) is 4.81 Å². The summed E-state index contributed by atoms with van der Waals surface area (Å²) >= 11 is 0. The van der Waals surface area contributed by atoms with Crippen LogP contribution >= 0.6 is 0 Å². The maximum atomic E-state index is 2.67. The third kappa shape index (κ3) is 6.57. The Balaban J connectivity index is 4.17. The second-order valence-corrected chi connectivity index (χ2v) is 6.13. The third-order valence-electron chi connectivity index (χ3n) is 3.85. The zero-order valence-corrected chi connectivity index (χ0v) is 12.5. The largest absolute Gasteiger partial charge is 0.345 e. The third-order valence-corrected chi connectivity index (χ3v) is 3.85. The van der Waals surface area contributed by atoms with Gasteiger partial charge in [0.2, 0.25) is 7.41 Å². The smallest absolute Gasteiger partial charge is 0.210 e. The fourth-order valence-corrected chi connectivity index (χ4v) is 1.79. The van der Waals surface area contributed by atoms with Gasteiger partial charge in [-0.15, -0.1) is 0 Å². The first kappa shape index (κ1) is 16.0. The molecular weight excluding hydrogens is 193 g/mol. The van der Waals surface area contributed by atoms with E-state index in [9.17, 15) is 0 Å². The highest BCUT2D eigenvalue weighted by atomic mass is 15.0. The van der Waals surface area contributed by atoms with E-state index in [1.807, 2.05) is 0 Å². The molecule has 0 aromatic heterocycles. The van der Waals surface area contributed by atoms with Crippen molar-refractivity contribution in [2.75, 3.05) is 13.1 Å². The average Bonchev–Trinajstić information content (AvgIpc) is 2.21. The lowest BCUT2D eigenvalue weighted by molar-refractivity contribution is 0.376. The molecule has 0 saturated carbocycles. The van der Waals surface area contributed by atoms with Crippen LogP contribution in [0.4, 0.5) is 0 Å². The molecule has 0 aliphatic heterocycles. The highest BCUT2D eigenvalue weighted by molar-refractivity contribution is 6.36. The van der Waals surface area contributed by atoms with Crippen LogP contribution in [0.25, 0.3) is 0 Å². The molecule has 0 amide bonds. The van der Waals surface area contributed by atoms with Crippen molar-refractivity contribution < 1.29 is 0 Å². The molecule has 0 N–H and O–H groups in total. The summed E-state index contributed by atoms with van der Waals surface area (Å²) in [5.41, 5.74) is 0. The van der Waals surface area contributed by atoms with Gasteiger partial charge in [-0.25, -0.2) is 0 Å². The number of hydrogen-bond acceptors (Lipinski definition) is 1. The SMILES string of the molecule is CCCCN(BC(C)(C)C(C)C)CCCC. The first-order valence-corrected chi connectivity index (χ1v) is 7.16. The molecule has 0 radical (unpaired) electrons. The van der Waals surface area contributed by atoms with E-state index < -0.39 is 0 Å². The Morgan fingerprint density at radius 3 is 1.75 bits per heavy atom. The van der Waals surface area contributed by atoms with Crippen LogP contribution in [0.1, 0.15) is 67.2 Å². The fourth-order valence-electron chi connectivity index (χ4n) is 1.79. The fraction of sp³-hybridized carbons (Fsp3) is 1.00. The van der Waals surface area contributed by atoms with Crippen LogP contribution in [0.2, 0.25) is 5.31 Å². The molecule has 0 heterocycles. The number of unbranched alkanes of at least 4 members (excludes halogenated alkanes) is 2. The summed E-state index contributed by atoms with van der Waals surface area (Å²) in [6.07, 6.45) is 5.31. The van der Waals surface area contributed by atoms with Gasteiger partial charge in [-0.1, -0.05) is 54.4 Å². The van der Waals surface area contributed by atoms with Gasteiger partial charge in [-0.3, -0.25) is 0 Å². The Hall–Kier alpha value is 0.0249. The predicted octanol–water partition coefficient (Wildman–Crippen LogP) is 4.09. The maximum Gasteiger partial charge on any atom is 0.210 e. The lowest BCUT2D eigenvalue weighted by Gasteiger charge is -2.34. The summed E-state index contributed by atoms with van der Waals surface area (Å²) in [5, 5.41) is 0.446. The van der Waals surface area contributed by atoms with Gasteiger partial charge in [0.05, 0.1) is 0 Å². The molecular formula is C14H32BN. The van der Waals surface area contributed by atoms with E-state index >= 15 is 0 Å². The van der Waals surface area contributed by atoms with Gasteiger partial charge in [0, 0.05) is 0 Å². The molecule has 0 aliphatic carbocycles. The standard InChI is InChI=1S/C14H32BN/c1-7-9-11-16(12-10-8-2)15-14(5,6)13(3)4/h13,15H,7-12H2,1-6H3. The van der Waals surface area contributed by atoms with E-state index in [0.717, 1.165) is 5.92 Å². The Morgan fingerprint density at radius 1 is 1.00 bits per heavy atom. The molecule has 16 heavy (non-hydrogen) atoms. The first-order valence-electron chi connectivity index (χ1n) is 7.16. The van der Waals surface area contributed by atoms with Gasteiger partial charge in [0.1, 0.15) is 0 Å². The lowest BCUT2D eigenvalue weighted by Crippen LogP contribution is -2.38. The van der Waals surface area contributed by atoms with Gasteiger partial charge >= 0.3 is 0 Å². The van der Waals surface area contributed by atoms with E-state index in [2.05, 4.69) is 46.4 Å². The Bertz CT molecular complexity index is 158. The summed E-state index contributed by atoms with van der Waals surface area (Å²) in [7, 11) is 1.25. The van der Waals surface area contributed by atoms with E-state index in [1.165, 1.54) is 46.2 Å². The van der Waals surface area contributed by atoms with Crippen molar-refractivity contribution in [3.05, 3.63) is 0 Å². The van der Waals surface area contributed by atoms with Crippen molar-refractivity contribution in [2.24, 2.45) is 5.92 Å². The minimum absolute atomic E-state index is 0.446. The Labute approximate surface area is 104 Å². The van der Waals surface area contributed by atoms with E-state index in [0.29, 0.717) is 5.31 Å². The molecule has 0 spiro atoms. The first-order chi connectivity index (χ1) is 7.44. The highest BCUT2D eigenvalue weighted by Gasteiger charge is 2.26. The van der Waals surface area contributed by atoms with Gasteiger partial charge in [-0.2, -0.15) is 0 Å². The van der Waals surface area contributed by atoms with Crippen LogP contribution in [0.3, 0.4) is 0 Å². The van der Waals surface area contributed by atoms with Crippen molar-refractivity contribution in [3.8, 4) is 0 Å². The average molecular weight is 225 g/mol. The van der Waals surface area contributed by atoms with Crippen LogP contribution in [0.5, 0.6) is 0 Å². The molecule has 96 valence electrons. The van der Waals surface area contributed by atoms with Crippen molar-refractivity contribution in [3.63, 3.8) is 0 Å². The predicted molar refractivity (Wildman–Crippen MR) is 77.4 cm³/mol.